The largest absolute Gasteiger partial charge is 0.351 e. The Hall–Kier alpha value is -4.04. The average molecular weight is 530 g/mol. The van der Waals surface area contributed by atoms with Gasteiger partial charge in [0.25, 0.3) is 0 Å². The molecule has 0 fully saturated rings. The molecule has 1 aliphatic rings. The molecule has 0 radical (unpaired) electrons. The summed E-state index contributed by atoms with van der Waals surface area (Å²) in [6.07, 6.45) is 2.22. The van der Waals surface area contributed by atoms with E-state index in [0.717, 1.165) is 59.6 Å². The lowest BCUT2D eigenvalue weighted by Gasteiger charge is -2.33. The second-order valence-corrected chi connectivity index (χ2v) is 10.1. The number of primary amides is 1. The maximum absolute atomic E-state index is 15.8. The van der Waals surface area contributed by atoms with E-state index in [2.05, 4.69) is 55.3 Å². The summed E-state index contributed by atoms with van der Waals surface area (Å²) in [5.41, 5.74) is 11.5. The molecule has 6 nitrogen and oxygen atoms in total. The average Bonchev–Trinajstić information content (AvgIpc) is 3.27. The van der Waals surface area contributed by atoms with Crippen molar-refractivity contribution in [2.24, 2.45) is 5.73 Å². The molecule has 0 saturated carbocycles. The Morgan fingerprint density at radius 2 is 1.72 bits per heavy atom. The van der Waals surface area contributed by atoms with Gasteiger partial charge in [-0.1, -0.05) is 62.4 Å². The maximum atomic E-state index is 15.8. The minimum Gasteiger partial charge on any atom is -0.351 e. The van der Waals surface area contributed by atoms with Crippen molar-refractivity contribution in [1.29, 1.82) is 0 Å². The third-order valence-electron chi connectivity index (χ3n) is 7.51. The highest BCUT2D eigenvalue weighted by Crippen LogP contribution is 2.39. The summed E-state index contributed by atoms with van der Waals surface area (Å²) < 4.78 is 32.8. The van der Waals surface area contributed by atoms with Gasteiger partial charge in [-0.25, -0.2) is 18.3 Å². The summed E-state index contributed by atoms with van der Waals surface area (Å²) in [5.74, 6) is -1.43. The smallest absolute Gasteiger partial charge is 0.316 e. The first kappa shape index (κ1) is 26.6. The number of carbonyl (C=O) groups excluding carboxylic acids is 1. The summed E-state index contributed by atoms with van der Waals surface area (Å²) in [5, 5.41) is 7.22. The number of aryl methyl sites for hydroxylation is 2. The summed E-state index contributed by atoms with van der Waals surface area (Å²) in [6.45, 7) is 7.60. The van der Waals surface area contributed by atoms with Crippen molar-refractivity contribution in [3.8, 4) is 16.9 Å². The molecule has 4 aromatic rings. The van der Waals surface area contributed by atoms with Crippen LogP contribution in [0.5, 0.6) is 0 Å². The first-order valence-corrected chi connectivity index (χ1v) is 13.4. The van der Waals surface area contributed by atoms with Crippen LogP contribution in [0.3, 0.4) is 0 Å². The van der Waals surface area contributed by atoms with E-state index in [-0.39, 0.29) is 17.3 Å². The molecular weight excluding hydrogens is 496 g/mol. The molecule has 202 valence electrons. The van der Waals surface area contributed by atoms with Crippen molar-refractivity contribution in [2.75, 3.05) is 5.32 Å². The van der Waals surface area contributed by atoms with Gasteiger partial charge in [0.1, 0.15) is 11.6 Å². The minimum atomic E-state index is -0.960. The molecule has 3 N–H and O–H groups in total. The van der Waals surface area contributed by atoms with Gasteiger partial charge in [0.2, 0.25) is 0 Å². The SMILES string of the molecule is CCc1cccc(CC)c1-n1nc2c(c1-c1cc(F)c(NC(N)=O)cc1F)CN(Cc1ccccc1)C(C)C2. The van der Waals surface area contributed by atoms with Gasteiger partial charge in [0.05, 0.1) is 22.8 Å². The molecule has 1 aromatic heterocycles. The highest BCUT2D eigenvalue weighted by molar-refractivity contribution is 5.88. The van der Waals surface area contributed by atoms with Crippen LogP contribution >= 0.6 is 0 Å². The highest BCUT2D eigenvalue weighted by Gasteiger charge is 2.32. The van der Waals surface area contributed by atoms with E-state index in [1.54, 1.807) is 0 Å². The molecule has 0 aliphatic carbocycles. The molecule has 39 heavy (non-hydrogen) atoms. The van der Waals surface area contributed by atoms with Crippen molar-refractivity contribution >= 4 is 11.7 Å². The number of hydrogen-bond donors (Lipinski definition) is 2. The van der Waals surface area contributed by atoms with Crippen LogP contribution in [-0.2, 0) is 32.4 Å². The monoisotopic (exact) mass is 529 g/mol. The van der Waals surface area contributed by atoms with E-state index >= 15 is 8.78 Å². The number of carbonyl (C=O) groups is 1. The van der Waals surface area contributed by atoms with Crippen molar-refractivity contribution in [3.63, 3.8) is 0 Å². The van der Waals surface area contributed by atoms with Crippen LogP contribution in [0.2, 0.25) is 0 Å². The van der Waals surface area contributed by atoms with Crippen LogP contribution < -0.4 is 11.1 Å². The van der Waals surface area contributed by atoms with Gasteiger partial charge in [-0.05, 0) is 42.5 Å². The predicted octanol–water partition coefficient (Wildman–Crippen LogP) is 6.38. The topological polar surface area (TPSA) is 76.2 Å². The van der Waals surface area contributed by atoms with Gasteiger partial charge in [-0.3, -0.25) is 4.90 Å². The lowest BCUT2D eigenvalue weighted by molar-refractivity contribution is 0.174. The van der Waals surface area contributed by atoms with Crippen molar-refractivity contribution in [1.82, 2.24) is 14.7 Å². The first-order valence-electron chi connectivity index (χ1n) is 13.4. The number of aromatic nitrogens is 2. The lowest BCUT2D eigenvalue weighted by atomic mass is 9.95. The number of benzene rings is 3. The number of urea groups is 1. The van der Waals surface area contributed by atoms with Gasteiger partial charge in [-0.15, -0.1) is 0 Å². The second kappa shape index (κ2) is 11.0. The molecule has 5 rings (SSSR count). The van der Waals surface area contributed by atoms with Gasteiger partial charge in [0, 0.05) is 42.7 Å². The zero-order valence-electron chi connectivity index (χ0n) is 22.5. The van der Waals surface area contributed by atoms with Crippen LogP contribution in [0.15, 0.2) is 60.7 Å². The number of nitrogens with zero attached hydrogens (tertiary/aromatic N) is 3. The molecule has 1 atom stereocenters. The Balaban J connectivity index is 1.72. The summed E-state index contributed by atoms with van der Waals surface area (Å²) in [6, 6.07) is 17.7. The standard InChI is InChI=1S/C31H33F2N5O/c1-4-21-12-9-13-22(5-2)29(21)38-30(23-15-26(33)28(16-25(23)32)35-31(34)39)24-18-37(19(3)14-27(24)36-38)17-20-10-7-6-8-11-20/h6-13,15-16,19H,4-5,14,17-18H2,1-3H3,(H3,34,35,39). The maximum Gasteiger partial charge on any atom is 0.316 e. The van der Waals surface area contributed by atoms with Crippen molar-refractivity contribution in [2.45, 2.75) is 59.2 Å². The zero-order valence-corrected chi connectivity index (χ0v) is 22.5. The van der Waals surface area contributed by atoms with E-state index in [1.807, 2.05) is 28.9 Å². The molecule has 1 unspecified atom stereocenters. The molecular formula is C31H33F2N5O. The Morgan fingerprint density at radius 3 is 2.36 bits per heavy atom. The second-order valence-electron chi connectivity index (χ2n) is 10.1. The molecule has 3 aromatic carbocycles. The van der Waals surface area contributed by atoms with Gasteiger partial charge >= 0.3 is 6.03 Å². The number of para-hydroxylation sites is 1. The molecule has 2 heterocycles. The Kier molecular flexibility index (Phi) is 7.48. The fourth-order valence-electron chi connectivity index (χ4n) is 5.51. The number of fused-ring (bicyclic) bond motifs is 1. The molecule has 0 bridgehead atoms. The summed E-state index contributed by atoms with van der Waals surface area (Å²) in [4.78, 5) is 13.7. The van der Waals surface area contributed by atoms with E-state index in [9.17, 15) is 4.79 Å². The van der Waals surface area contributed by atoms with Crippen LogP contribution in [0.4, 0.5) is 19.3 Å². The van der Waals surface area contributed by atoms with E-state index in [4.69, 9.17) is 10.8 Å². The number of hydrogen-bond acceptors (Lipinski definition) is 3. The number of rotatable bonds is 7. The Bertz CT molecular complexity index is 1490. The number of amides is 2. The fraction of sp³-hybridized carbons (Fsp3) is 0.290. The van der Waals surface area contributed by atoms with Crippen LogP contribution in [0.1, 0.15) is 48.7 Å². The first-order chi connectivity index (χ1) is 18.8. The van der Waals surface area contributed by atoms with Gasteiger partial charge in [-0.2, -0.15) is 5.10 Å². The molecule has 8 heteroatoms. The third kappa shape index (κ3) is 5.16. The third-order valence-corrected chi connectivity index (χ3v) is 7.51. The van der Waals surface area contributed by atoms with Crippen LogP contribution in [0, 0.1) is 11.6 Å². The summed E-state index contributed by atoms with van der Waals surface area (Å²) in [7, 11) is 0. The fourth-order valence-corrected chi connectivity index (χ4v) is 5.51. The number of nitrogens with one attached hydrogen (secondary N) is 1. The quantitative estimate of drug-likeness (QED) is 0.292. The van der Waals surface area contributed by atoms with E-state index < -0.39 is 17.7 Å². The van der Waals surface area contributed by atoms with E-state index in [0.29, 0.717) is 18.7 Å². The molecule has 0 saturated heterocycles. The van der Waals surface area contributed by atoms with Crippen LogP contribution in [-0.4, -0.2) is 26.8 Å². The predicted molar refractivity (Wildman–Crippen MR) is 150 cm³/mol. The molecule has 2 amide bonds. The van der Waals surface area contributed by atoms with Gasteiger partial charge < -0.3 is 11.1 Å². The minimum absolute atomic E-state index is 0.0958. The number of anilines is 1. The van der Waals surface area contributed by atoms with E-state index in [1.165, 1.54) is 5.56 Å². The zero-order chi connectivity index (χ0) is 27.7. The Morgan fingerprint density at radius 1 is 1.03 bits per heavy atom. The van der Waals surface area contributed by atoms with Crippen molar-refractivity contribution < 1.29 is 13.6 Å². The highest BCUT2D eigenvalue weighted by atomic mass is 19.1. The number of halogens is 2. The molecule has 0 spiro atoms. The molecule has 1 aliphatic heterocycles. The van der Waals surface area contributed by atoms with Gasteiger partial charge in [0.15, 0.2) is 0 Å². The normalized spacial score (nSPS) is 15.3. The Labute approximate surface area is 227 Å². The summed E-state index contributed by atoms with van der Waals surface area (Å²) >= 11 is 0. The van der Waals surface area contributed by atoms with Crippen molar-refractivity contribution in [3.05, 3.63) is 100 Å². The lowest BCUT2D eigenvalue weighted by Crippen LogP contribution is -2.37. The number of nitrogens with two attached hydrogens (primary N) is 1. The van der Waals surface area contributed by atoms with Crippen LogP contribution in [0.25, 0.3) is 16.9 Å².